The zero-order chi connectivity index (χ0) is 15.0. The van der Waals surface area contributed by atoms with Crippen LogP contribution in [0.2, 0.25) is 0 Å². The number of alkyl halides is 3. The normalized spacial score (nSPS) is 14.9. The Morgan fingerprint density at radius 2 is 1.84 bits per heavy atom. The first-order valence-electron chi connectivity index (χ1n) is 5.28. The molecule has 2 nitrogen and oxygen atoms in total. The highest BCUT2D eigenvalue weighted by atomic mass is 79.9. The third kappa shape index (κ3) is 2.75. The largest absolute Gasteiger partial charge is 0.415 e. The maximum atomic E-state index is 13.3. The molecule has 1 rings (SSSR count). The summed E-state index contributed by atoms with van der Waals surface area (Å²) in [4.78, 5) is 11.9. The van der Waals surface area contributed by atoms with Crippen molar-refractivity contribution in [2.75, 3.05) is 7.05 Å². The molecule has 1 aromatic carbocycles. The fourth-order valence-corrected chi connectivity index (χ4v) is 2.04. The minimum Gasteiger partial charge on any atom is -0.328 e. The van der Waals surface area contributed by atoms with Gasteiger partial charge in [0.2, 0.25) is 5.91 Å². The van der Waals surface area contributed by atoms with E-state index in [9.17, 15) is 22.4 Å². The van der Waals surface area contributed by atoms with Crippen molar-refractivity contribution in [1.29, 1.82) is 0 Å². The van der Waals surface area contributed by atoms with Gasteiger partial charge in [0.25, 0.3) is 0 Å². The van der Waals surface area contributed by atoms with Crippen LogP contribution in [0.5, 0.6) is 0 Å². The van der Waals surface area contributed by atoms with Crippen molar-refractivity contribution in [2.45, 2.75) is 25.6 Å². The van der Waals surface area contributed by atoms with Crippen LogP contribution in [0.4, 0.5) is 17.6 Å². The van der Waals surface area contributed by atoms with E-state index >= 15 is 0 Å². The fraction of sp³-hybridized carbons (Fsp3) is 0.417. The lowest BCUT2D eigenvalue weighted by Gasteiger charge is -2.40. The van der Waals surface area contributed by atoms with E-state index in [-0.39, 0.29) is 10.0 Å². The summed E-state index contributed by atoms with van der Waals surface area (Å²) < 4.78 is 53.0. The minimum absolute atomic E-state index is 0.0857. The zero-order valence-electron chi connectivity index (χ0n) is 10.5. The van der Waals surface area contributed by atoms with Crippen molar-refractivity contribution in [3.05, 3.63) is 34.1 Å². The average molecular weight is 342 g/mol. The molecular weight excluding hydrogens is 330 g/mol. The molecule has 0 saturated heterocycles. The van der Waals surface area contributed by atoms with Gasteiger partial charge in [0.1, 0.15) is 5.82 Å². The summed E-state index contributed by atoms with van der Waals surface area (Å²) >= 11 is 2.85. The predicted molar refractivity (Wildman–Crippen MR) is 66.0 cm³/mol. The molecule has 0 aliphatic heterocycles. The highest BCUT2D eigenvalue weighted by Crippen LogP contribution is 2.43. The number of benzene rings is 1. The van der Waals surface area contributed by atoms with Crippen molar-refractivity contribution < 1.29 is 22.4 Å². The lowest BCUT2D eigenvalue weighted by atomic mass is 9.89. The van der Waals surface area contributed by atoms with Gasteiger partial charge in [-0.25, -0.2) is 4.39 Å². The molecule has 0 aliphatic rings. The molecule has 1 amide bonds. The number of nitrogens with zero attached hydrogens (tertiary/aromatic N) is 1. The van der Waals surface area contributed by atoms with Crippen LogP contribution < -0.4 is 0 Å². The number of amides is 1. The molecule has 0 aliphatic carbocycles. The Morgan fingerprint density at radius 3 is 2.21 bits per heavy atom. The molecule has 1 aromatic rings. The summed E-state index contributed by atoms with van der Waals surface area (Å²) in [6, 6.07) is 2.98. The molecule has 1 unspecified atom stereocenters. The second-order valence-corrected chi connectivity index (χ2v) is 5.13. The minimum atomic E-state index is -4.69. The first-order valence-corrected chi connectivity index (χ1v) is 6.07. The Balaban J connectivity index is 3.48. The van der Waals surface area contributed by atoms with Crippen LogP contribution in [-0.4, -0.2) is 24.0 Å². The summed E-state index contributed by atoms with van der Waals surface area (Å²) in [5, 5.41) is 0. The van der Waals surface area contributed by atoms with Crippen LogP contribution in [0.25, 0.3) is 0 Å². The SMILES string of the molecule is CC(=O)N(C)C(C)(c1ccc(F)c(Br)c1)C(F)(F)F. The lowest BCUT2D eigenvalue weighted by Crippen LogP contribution is -2.54. The molecule has 0 bridgehead atoms. The Kier molecular flexibility index (Phi) is 4.29. The van der Waals surface area contributed by atoms with E-state index in [4.69, 9.17) is 0 Å². The summed E-state index contributed by atoms with van der Waals surface area (Å²) in [5.74, 6) is -1.40. The van der Waals surface area contributed by atoms with Crippen LogP contribution in [0.15, 0.2) is 22.7 Å². The van der Waals surface area contributed by atoms with Crippen LogP contribution in [0.1, 0.15) is 19.4 Å². The number of carbonyl (C=O) groups is 1. The fourth-order valence-electron chi connectivity index (χ4n) is 1.66. The van der Waals surface area contributed by atoms with Crippen molar-refractivity contribution in [3.8, 4) is 0 Å². The first-order chi connectivity index (χ1) is 8.51. The molecule has 0 heterocycles. The third-order valence-corrected chi connectivity index (χ3v) is 3.78. The average Bonchev–Trinajstić information content (AvgIpc) is 2.29. The summed E-state index contributed by atoms with van der Waals surface area (Å²) in [7, 11) is 1.06. The molecule has 0 aromatic heterocycles. The quantitative estimate of drug-likeness (QED) is 0.748. The monoisotopic (exact) mass is 341 g/mol. The van der Waals surface area contributed by atoms with Gasteiger partial charge in [-0.1, -0.05) is 6.07 Å². The van der Waals surface area contributed by atoms with Crippen molar-refractivity contribution in [3.63, 3.8) is 0 Å². The molecule has 0 radical (unpaired) electrons. The van der Waals surface area contributed by atoms with E-state index in [0.717, 1.165) is 39.1 Å². The Labute approximate surface area is 116 Å². The second-order valence-electron chi connectivity index (χ2n) is 4.28. The van der Waals surface area contributed by atoms with Crippen molar-refractivity contribution >= 4 is 21.8 Å². The standard InChI is InChI=1S/C12H12BrF4NO/c1-7(19)18(3)11(2,12(15,16)17)8-4-5-10(14)9(13)6-8/h4-6H,1-3H3. The number of carbonyl (C=O) groups excluding carboxylic acids is 1. The van der Waals surface area contributed by atoms with Crippen molar-refractivity contribution in [1.82, 2.24) is 4.90 Å². The predicted octanol–water partition coefficient (Wildman–Crippen LogP) is 3.84. The molecule has 19 heavy (non-hydrogen) atoms. The summed E-state index contributed by atoms with van der Waals surface area (Å²) in [5.41, 5.74) is -2.74. The first kappa shape index (κ1) is 15.9. The maximum absolute atomic E-state index is 13.3. The van der Waals surface area contributed by atoms with Crippen LogP contribution >= 0.6 is 15.9 Å². The van der Waals surface area contributed by atoms with Crippen LogP contribution in [0, 0.1) is 5.82 Å². The van der Waals surface area contributed by atoms with E-state index in [1.807, 2.05) is 0 Å². The van der Waals surface area contributed by atoms with Gasteiger partial charge in [-0.3, -0.25) is 4.79 Å². The zero-order valence-corrected chi connectivity index (χ0v) is 12.1. The van der Waals surface area contributed by atoms with Gasteiger partial charge in [-0.15, -0.1) is 0 Å². The van der Waals surface area contributed by atoms with Gasteiger partial charge < -0.3 is 4.90 Å². The van der Waals surface area contributed by atoms with Gasteiger partial charge in [-0.05, 0) is 40.5 Å². The molecular formula is C12H12BrF4NO. The van der Waals surface area contributed by atoms with Gasteiger partial charge in [0.05, 0.1) is 4.47 Å². The molecule has 0 N–H and O–H groups in total. The highest BCUT2D eigenvalue weighted by Gasteiger charge is 2.56. The number of hydrogen-bond acceptors (Lipinski definition) is 1. The lowest BCUT2D eigenvalue weighted by molar-refractivity contribution is -0.227. The Morgan fingerprint density at radius 1 is 1.32 bits per heavy atom. The molecule has 0 saturated carbocycles. The number of hydrogen-bond donors (Lipinski definition) is 0. The van der Waals surface area contributed by atoms with E-state index in [1.165, 1.54) is 0 Å². The maximum Gasteiger partial charge on any atom is 0.415 e. The van der Waals surface area contributed by atoms with E-state index < -0.39 is 23.4 Å². The van der Waals surface area contributed by atoms with Crippen LogP contribution in [0.3, 0.4) is 0 Å². The smallest absolute Gasteiger partial charge is 0.328 e. The van der Waals surface area contributed by atoms with E-state index in [2.05, 4.69) is 15.9 Å². The van der Waals surface area contributed by atoms with Gasteiger partial charge >= 0.3 is 6.18 Å². The second kappa shape index (κ2) is 5.11. The van der Waals surface area contributed by atoms with Gasteiger partial charge in [0, 0.05) is 14.0 Å². The highest BCUT2D eigenvalue weighted by molar-refractivity contribution is 9.10. The van der Waals surface area contributed by atoms with Crippen LogP contribution in [-0.2, 0) is 10.3 Å². The summed E-state index contributed by atoms with van der Waals surface area (Å²) in [6.07, 6.45) is -4.69. The summed E-state index contributed by atoms with van der Waals surface area (Å²) in [6.45, 7) is 1.93. The van der Waals surface area contributed by atoms with Gasteiger partial charge in [0.15, 0.2) is 5.54 Å². The molecule has 0 fully saturated rings. The van der Waals surface area contributed by atoms with E-state index in [1.54, 1.807) is 0 Å². The molecule has 7 heteroatoms. The molecule has 106 valence electrons. The Bertz CT molecular complexity index is 503. The van der Waals surface area contributed by atoms with Gasteiger partial charge in [-0.2, -0.15) is 13.2 Å². The molecule has 1 atom stereocenters. The Hall–Kier alpha value is -1.11. The number of rotatable bonds is 2. The van der Waals surface area contributed by atoms with E-state index in [0.29, 0.717) is 4.90 Å². The number of halogens is 5. The third-order valence-electron chi connectivity index (χ3n) is 3.18. The molecule has 0 spiro atoms. The topological polar surface area (TPSA) is 20.3 Å². The van der Waals surface area contributed by atoms with Crippen molar-refractivity contribution in [2.24, 2.45) is 0 Å².